The molecule has 0 spiro atoms. The first-order chi connectivity index (χ1) is 14.9. The van der Waals surface area contributed by atoms with Crippen molar-refractivity contribution >= 4 is 5.97 Å². The number of halogens is 3. The largest absolute Gasteiger partial charge is 0.481 e. The number of hydrogen-bond acceptors (Lipinski definition) is 2. The second-order valence-electron chi connectivity index (χ2n) is 10.2. The van der Waals surface area contributed by atoms with E-state index >= 15 is 0 Å². The zero-order valence-corrected chi connectivity index (χ0v) is 19.8. The highest BCUT2D eigenvalue weighted by atomic mass is 19.4. The Bertz CT molecular complexity index is 750. The lowest BCUT2D eigenvalue weighted by Gasteiger charge is -2.43. The number of carbonyl (C=O) groups is 1. The van der Waals surface area contributed by atoms with Crippen LogP contribution in [0.15, 0.2) is 36.4 Å². The number of alkyl halides is 3. The molecule has 1 aliphatic heterocycles. The average Bonchev–Trinajstić information content (AvgIpc) is 2.67. The van der Waals surface area contributed by atoms with Crippen molar-refractivity contribution in [2.75, 3.05) is 6.54 Å². The van der Waals surface area contributed by atoms with Crippen molar-refractivity contribution in [1.82, 2.24) is 4.90 Å². The molecule has 0 bridgehead atoms. The van der Waals surface area contributed by atoms with E-state index in [1.54, 1.807) is 0 Å². The van der Waals surface area contributed by atoms with Crippen LogP contribution in [-0.4, -0.2) is 34.7 Å². The molecular formula is C26H38F3NO2. The monoisotopic (exact) mass is 453 g/mol. The molecule has 0 amide bonds. The lowest BCUT2D eigenvalue weighted by atomic mass is 9.83. The van der Waals surface area contributed by atoms with E-state index in [9.17, 15) is 23.1 Å². The lowest BCUT2D eigenvalue weighted by Crippen LogP contribution is -2.43. The van der Waals surface area contributed by atoms with Crippen LogP contribution in [-0.2, 0) is 11.2 Å². The number of piperidine rings is 1. The third kappa shape index (κ3) is 8.97. The second kappa shape index (κ2) is 11.4. The number of carboxylic acids is 1. The topological polar surface area (TPSA) is 40.5 Å². The second-order valence-corrected chi connectivity index (χ2v) is 10.2. The normalized spacial score (nSPS) is 21.7. The van der Waals surface area contributed by atoms with Crippen LogP contribution >= 0.6 is 0 Å². The molecule has 32 heavy (non-hydrogen) atoms. The number of hydrogen-bond donors (Lipinski definition) is 1. The number of aryl methyl sites for hydroxylation is 1. The summed E-state index contributed by atoms with van der Waals surface area (Å²) >= 11 is 0. The molecule has 1 aromatic rings. The van der Waals surface area contributed by atoms with Gasteiger partial charge in [-0.3, -0.25) is 9.69 Å². The van der Waals surface area contributed by atoms with Crippen molar-refractivity contribution in [3.05, 3.63) is 47.5 Å². The number of likely N-dealkylation sites (tertiary alicyclic amines) is 1. The fourth-order valence-electron chi connectivity index (χ4n) is 4.49. The number of allylic oxidation sites excluding steroid dienone is 1. The van der Waals surface area contributed by atoms with Gasteiger partial charge >= 0.3 is 12.1 Å². The van der Waals surface area contributed by atoms with E-state index in [0.717, 1.165) is 18.4 Å². The Morgan fingerprint density at radius 1 is 1.22 bits per heavy atom. The summed E-state index contributed by atoms with van der Waals surface area (Å²) in [5, 5.41) is 9.29. The van der Waals surface area contributed by atoms with E-state index in [2.05, 4.69) is 36.1 Å². The quantitative estimate of drug-likeness (QED) is 0.403. The molecule has 1 aromatic carbocycles. The van der Waals surface area contributed by atoms with Crippen LogP contribution in [0.4, 0.5) is 13.2 Å². The maximum atomic E-state index is 13.1. The SMILES string of the molecule is CCCc1ccc(C2CC(CC(=O)O)CCN2C(C=CC(C)(C)C)CCC(F)(F)F)cc1. The third-order valence-electron chi connectivity index (χ3n) is 6.09. The molecule has 0 radical (unpaired) electrons. The van der Waals surface area contributed by atoms with Crippen LogP contribution in [0.1, 0.15) is 83.4 Å². The molecule has 0 saturated carbocycles. The summed E-state index contributed by atoms with van der Waals surface area (Å²) < 4.78 is 39.3. The van der Waals surface area contributed by atoms with Gasteiger partial charge in [0.1, 0.15) is 0 Å². The molecule has 180 valence electrons. The smallest absolute Gasteiger partial charge is 0.389 e. The Morgan fingerprint density at radius 3 is 2.41 bits per heavy atom. The summed E-state index contributed by atoms with van der Waals surface area (Å²) in [4.78, 5) is 13.5. The first kappa shape index (κ1) is 26.4. The van der Waals surface area contributed by atoms with Crippen LogP contribution in [0.3, 0.4) is 0 Å². The van der Waals surface area contributed by atoms with Gasteiger partial charge in [0.25, 0.3) is 0 Å². The fourth-order valence-corrected chi connectivity index (χ4v) is 4.49. The van der Waals surface area contributed by atoms with E-state index < -0.39 is 18.6 Å². The first-order valence-corrected chi connectivity index (χ1v) is 11.7. The number of carboxylic acid groups (broad SMARTS) is 1. The van der Waals surface area contributed by atoms with Gasteiger partial charge in [0.2, 0.25) is 0 Å². The van der Waals surface area contributed by atoms with Crippen LogP contribution < -0.4 is 0 Å². The molecule has 1 fully saturated rings. The Hall–Kier alpha value is -1.82. The number of rotatable bonds is 9. The molecule has 1 heterocycles. The lowest BCUT2D eigenvalue weighted by molar-refractivity contribution is -0.140. The van der Waals surface area contributed by atoms with Gasteiger partial charge in [0, 0.05) is 24.9 Å². The van der Waals surface area contributed by atoms with Gasteiger partial charge in [-0.15, -0.1) is 0 Å². The van der Waals surface area contributed by atoms with Gasteiger partial charge in [-0.1, -0.05) is 70.5 Å². The van der Waals surface area contributed by atoms with Crippen LogP contribution in [0.2, 0.25) is 0 Å². The minimum absolute atomic E-state index is 0.00406. The molecule has 1 N–H and O–H groups in total. The van der Waals surface area contributed by atoms with Crippen LogP contribution in [0, 0.1) is 11.3 Å². The summed E-state index contributed by atoms with van der Waals surface area (Å²) in [6.45, 7) is 8.82. The predicted octanol–water partition coefficient (Wildman–Crippen LogP) is 7.18. The number of nitrogens with zero attached hydrogens (tertiary/aromatic N) is 1. The van der Waals surface area contributed by atoms with Gasteiger partial charge in [0.05, 0.1) is 0 Å². The molecule has 3 unspecified atom stereocenters. The van der Waals surface area contributed by atoms with Crippen LogP contribution in [0.5, 0.6) is 0 Å². The molecule has 3 nitrogen and oxygen atoms in total. The van der Waals surface area contributed by atoms with E-state index in [1.165, 1.54) is 5.56 Å². The number of aliphatic carboxylic acids is 1. The average molecular weight is 454 g/mol. The minimum atomic E-state index is -4.20. The minimum Gasteiger partial charge on any atom is -0.481 e. The van der Waals surface area contributed by atoms with Crippen molar-refractivity contribution in [2.24, 2.45) is 11.3 Å². The highest BCUT2D eigenvalue weighted by Crippen LogP contribution is 2.39. The van der Waals surface area contributed by atoms with E-state index in [1.807, 2.05) is 32.9 Å². The predicted molar refractivity (Wildman–Crippen MR) is 123 cm³/mol. The Kier molecular flexibility index (Phi) is 9.38. The van der Waals surface area contributed by atoms with Crippen molar-refractivity contribution in [1.29, 1.82) is 0 Å². The molecular weight excluding hydrogens is 415 g/mol. The van der Waals surface area contributed by atoms with Gasteiger partial charge in [0.15, 0.2) is 0 Å². The standard InChI is InChI=1S/C26H38F3NO2/c1-5-6-19-7-9-21(10-8-19)23-17-20(18-24(31)32)13-16-30(23)22(11-14-25(2,3)4)12-15-26(27,28)29/h7-11,14,20,22-23H,5-6,12-13,15-18H2,1-4H3,(H,31,32). The summed E-state index contributed by atoms with van der Waals surface area (Å²) in [6.07, 6.45) is 2.36. The molecule has 1 saturated heterocycles. The maximum absolute atomic E-state index is 13.1. The number of benzene rings is 1. The van der Waals surface area contributed by atoms with Crippen molar-refractivity contribution in [2.45, 2.75) is 90.9 Å². The zero-order chi connectivity index (χ0) is 23.9. The highest BCUT2D eigenvalue weighted by molar-refractivity contribution is 5.67. The summed E-state index contributed by atoms with van der Waals surface area (Å²) in [7, 11) is 0. The van der Waals surface area contributed by atoms with Gasteiger partial charge in [-0.25, -0.2) is 0 Å². The van der Waals surface area contributed by atoms with Crippen molar-refractivity contribution < 1.29 is 23.1 Å². The molecule has 0 aromatic heterocycles. The summed E-state index contributed by atoms with van der Waals surface area (Å²) in [5.74, 6) is -0.791. The fraction of sp³-hybridized carbons (Fsp3) is 0.654. The summed E-state index contributed by atoms with van der Waals surface area (Å²) in [6, 6.07) is 7.88. The van der Waals surface area contributed by atoms with E-state index in [-0.39, 0.29) is 36.3 Å². The van der Waals surface area contributed by atoms with E-state index in [4.69, 9.17) is 0 Å². The van der Waals surface area contributed by atoms with Gasteiger partial charge < -0.3 is 5.11 Å². The Morgan fingerprint density at radius 2 is 1.88 bits per heavy atom. The van der Waals surface area contributed by atoms with Crippen molar-refractivity contribution in [3.8, 4) is 0 Å². The Labute approximate surface area is 190 Å². The molecule has 2 rings (SSSR count). The van der Waals surface area contributed by atoms with E-state index in [0.29, 0.717) is 19.4 Å². The zero-order valence-electron chi connectivity index (χ0n) is 19.8. The van der Waals surface area contributed by atoms with Crippen LogP contribution in [0.25, 0.3) is 0 Å². The maximum Gasteiger partial charge on any atom is 0.389 e. The molecule has 0 aliphatic carbocycles. The van der Waals surface area contributed by atoms with Gasteiger partial charge in [-0.2, -0.15) is 13.2 Å². The first-order valence-electron chi connectivity index (χ1n) is 11.7. The molecule has 6 heteroatoms. The molecule has 1 aliphatic rings. The highest BCUT2D eigenvalue weighted by Gasteiger charge is 2.36. The Balaban J connectivity index is 2.35. The molecule has 3 atom stereocenters. The summed E-state index contributed by atoms with van der Waals surface area (Å²) in [5.41, 5.74) is 2.16. The van der Waals surface area contributed by atoms with Gasteiger partial charge in [-0.05, 0) is 54.7 Å². The van der Waals surface area contributed by atoms with Crippen molar-refractivity contribution in [3.63, 3.8) is 0 Å². The third-order valence-corrected chi connectivity index (χ3v) is 6.09.